The molecule has 1 N–H and O–H groups in total. The minimum Gasteiger partial charge on any atom is -0.378 e. The molecule has 0 saturated carbocycles. The smallest absolute Gasteiger partial charge is 0.258 e. The zero-order valence-electron chi connectivity index (χ0n) is 14.5. The highest BCUT2D eigenvalue weighted by Crippen LogP contribution is 2.25. The van der Waals surface area contributed by atoms with Gasteiger partial charge in [0.2, 0.25) is 5.95 Å². The molecule has 1 fully saturated rings. The molecule has 2 aromatic rings. The third-order valence-corrected chi connectivity index (χ3v) is 3.90. The van der Waals surface area contributed by atoms with Crippen molar-refractivity contribution in [3.63, 3.8) is 0 Å². The van der Waals surface area contributed by atoms with Crippen molar-refractivity contribution >= 4 is 23.4 Å². The Morgan fingerprint density at radius 1 is 1.27 bits per heavy atom. The maximum Gasteiger partial charge on any atom is 0.258 e. The van der Waals surface area contributed by atoms with Crippen molar-refractivity contribution in [2.45, 2.75) is 0 Å². The molecule has 1 saturated heterocycles. The molecule has 0 aliphatic carbocycles. The Morgan fingerprint density at radius 2 is 2.00 bits per heavy atom. The average Bonchev–Trinajstić information content (AvgIpc) is 2.62. The van der Waals surface area contributed by atoms with Crippen molar-refractivity contribution < 1.29 is 18.3 Å². The van der Waals surface area contributed by atoms with Crippen molar-refractivity contribution in [2.24, 2.45) is 0 Å². The first kappa shape index (κ1) is 18.0. The van der Waals surface area contributed by atoms with E-state index in [0.29, 0.717) is 49.8 Å². The highest BCUT2D eigenvalue weighted by Gasteiger charge is 2.19. The lowest BCUT2D eigenvalue weighted by Crippen LogP contribution is -2.37. The molecule has 26 heavy (non-hydrogen) atoms. The Balaban J connectivity index is 1.85. The van der Waals surface area contributed by atoms with Crippen molar-refractivity contribution in [1.29, 1.82) is 0 Å². The number of anilines is 3. The van der Waals surface area contributed by atoms with Crippen LogP contribution in [-0.4, -0.2) is 56.3 Å². The molecule has 9 heteroatoms. The maximum atomic E-state index is 13.8. The number of aromatic nitrogens is 2. The minimum atomic E-state index is -0.931. The second kappa shape index (κ2) is 7.61. The lowest BCUT2D eigenvalue weighted by molar-refractivity contribution is 0.102. The number of nitrogens with one attached hydrogen (secondary N) is 1. The van der Waals surface area contributed by atoms with Crippen molar-refractivity contribution in [1.82, 2.24) is 9.97 Å². The molecule has 2 heterocycles. The number of halogens is 2. The van der Waals surface area contributed by atoms with Gasteiger partial charge in [0.15, 0.2) is 5.82 Å². The van der Waals surface area contributed by atoms with E-state index < -0.39 is 17.5 Å². The van der Waals surface area contributed by atoms with E-state index in [2.05, 4.69) is 15.3 Å². The molecular formula is C17H19F2N5O2. The molecule has 1 aromatic heterocycles. The number of carbonyl (C=O) groups excluding carboxylic acids is 1. The number of benzene rings is 1. The summed E-state index contributed by atoms with van der Waals surface area (Å²) in [5.41, 5.74) is 0.0779. The summed E-state index contributed by atoms with van der Waals surface area (Å²) < 4.78 is 32.1. The van der Waals surface area contributed by atoms with Gasteiger partial charge in [-0.15, -0.1) is 0 Å². The van der Waals surface area contributed by atoms with Gasteiger partial charge >= 0.3 is 0 Å². The van der Waals surface area contributed by atoms with Crippen LogP contribution in [-0.2, 0) is 4.74 Å². The van der Waals surface area contributed by atoms with Gasteiger partial charge in [0.1, 0.15) is 17.3 Å². The lowest BCUT2D eigenvalue weighted by atomic mass is 10.2. The summed E-state index contributed by atoms with van der Waals surface area (Å²) in [7, 11) is 3.55. The number of ether oxygens (including phenoxy) is 1. The van der Waals surface area contributed by atoms with Crippen LogP contribution in [0, 0.1) is 11.6 Å². The first-order chi connectivity index (χ1) is 12.5. The van der Waals surface area contributed by atoms with Crippen LogP contribution in [0.4, 0.5) is 26.2 Å². The topological polar surface area (TPSA) is 70.6 Å². The Morgan fingerprint density at radius 3 is 2.65 bits per heavy atom. The van der Waals surface area contributed by atoms with Gasteiger partial charge in [-0.2, -0.15) is 4.98 Å². The maximum absolute atomic E-state index is 13.8. The van der Waals surface area contributed by atoms with Gasteiger partial charge in [-0.25, -0.2) is 13.8 Å². The summed E-state index contributed by atoms with van der Waals surface area (Å²) >= 11 is 0. The highest BCUT2D eigenvalue weighted by atomic mass is 19.1. The van der Waals surface area contributed by atoms with Gasteiger partial charge in [0, 0.05) is 33.3 Å². The summed E-state index contributed by atoms with van der Waals surface area (Å²) in [4.78, 5) is 24.8. The van der Waals surface area contributed by atoms with E-state index in [1.54, 1.807) is 19.0 Å². The third-order valence-electron chi connectivity index (χ3n) is 3.90. The molecule has 1 aliphatic heterocycles. The zero-order chi connectivity index (χ0) is 18.7. The third kappa shape index (κ3) is 3.88. The number of amides is 1. The predicted molar refractivity (Wildman–Crippen MR) is 93.7 cm³/mol. The largest absolute Gasteiger partial charge is 0.378 e. The van der Waals surface area contributed by atoms with Crippen LogP contribution in [0.1, 0.15) is 10.4 Å². The van der Waals surface area contributed by atoms with E-state index in [-0.39, 0.29) is 5.56 Å². The van der Waals surface area contributed by atoms with Crippen LogP contribution in [0.25, 0.3) is 0 Å². The molecule has 3 rings (SSSR count). The monoisotopic (exact) mass is 363 g/mol. The summed E-state index contributed by atoms with van der Waals surface area (Å²) in [5.74, 6) is -1.36. The zero-order valence-corrected chi connectivity index (χ0v) is 14.5. The number of nitrogens with zero attached hydrogens (tertiary/aromatic N) is 4. The second-order valence-corrected chi connectivity index (χ2v) is 5.98. The van der Waals surface area contributed by atoms with Gasteiger partial charge in [-0.3, -0.25) is 4.79 Å². The summed E-state index contributed by atoms with van der Waals surface area (Å²) in [6.07, 6.45) is 1.48. The van der Waals surface area contributed by atoms with Gasteiger partial charge in [0.05, 0.1) is 25.0 Å². The molecule has 0 spiro atoms. The highest BCUT2D eigenvalue weighted by molar-refractivity contribution is 6.05. The number of hydrogen-bond acceptors (Lipinski definition) is 6. The number of hydrogen-bond donors (Lipinski definition) is 1. The van der Waals surface area contributed by atoms with Crippen LogP contribution in [0.15, 0.2) is 24.4 Å². The first-order valence-electron chi connectivity index (χ1n) is 8.09. The molecule has 0 unspecified atom stereocenters. The fourth-order valence-electron chi connectivity index (χ4n) is 2.57. The molecule has 138 valence electrons. The molecule has 1 aliphatic rings. The molecule has 0 atom stereocenters. The summed E-state index contributed by atoms with van der Waals surface area (Å²) in [5, 5.41) is 2.59. The van der Waals surface area contributed by atoms with Crippen LogP contribution in [0.3, 0.4) is 0 Å². The van der Waals surface area contributed by atoms with Crippen molar-refractivity contribution in [3.8, 4) is 0 Å². The molecule has 1 amide bonds. The van der Waals surface area contributed by atoms with Crippen molar-refractivity contribution in [3.05, 3.63) is 41.6 Å². The molecular weight excluding hydrogens is 344 g/mol. The Kier molecular flexibility index (Phi) is 5.27. The quantitative estimate of drug-likeness (QED) is 0.895. The normalized spacial score (nSPS) is 14.2. The average molecular weight is 363 g/mol. The van der Waals surface area contributed by atoms with E-state index in [1.807, 2.05) is 4.90 Å². The van der Waals surface area contributed by atoms with E-state index in [1.165, 1.54) is 6.20 Å². The number of carbonyl (C=O) groups is 1. The van der Waals surface area contributed by atoms with Crippen LogP contribution in [0.2, 0.25) is 0 Å². The lowest BCUT2D eigenvalue weighted by Gasteiger charge is -2.28. The van der Waals surface area contributed by atoms with E-state index in [4.69, 9.17) is 4.74 Å². The first-order valence-corrected chi connectivity index (χ1v) is 8.09. The molecule has 0 radical (unpaired) electrons. The van der Waals surface area contributed by atoms with Gasteiger partial charge in [0.25, 0.3) is 5.91 Å². The predicted octanol–water partition coefficient (Wildman–Crippen LogP) is 1.91. The Hall–Kier alpha value is -2.81. The SMILES string of the molecule is CN(C)c1nc(N2CCOCC2)ncc1NC(=O)c1ccc(F)cc1F. The molecule has 0 bridgehead atoms. The summed E-state index contributed by atoms with van der Waals surface area (Å²) in [6, 6.07) is 2.79. The summed E-state index contributed by atoms with van der Waals surface area (Å²) in [6.45, 7) is 2.56. The van der Waals surface area contributed by atoms with Gasteiger partial charge < -0.3 is 19.9 Å². The molecule has 1 aromatic carbocycles. The van der Waals surface area contributed by atoms with Crippen molar-refractivity contribution in [2.75, 3.05) is 55.5 Å². The fourth-order valence-corrected chi connectivity index (χ4v) is 2.57. The van der Waals surface area contributed by atoms with E-state index in [9.17, 15) is 13.6 Å². The van der Waals surface area contributed by atoms with Crippen LogP contribution in [0.5, 0.6) is 0 Å². The number of rotatable bonds is 4. The van der Waals surface area contributed by atoms with E-state index in [0.717, 1.165) is 12.1 Å². The van der Waals surface area contributed by atoms with Gasteiger partial charge in [-0.05, 0) is 12.1 Å². The van der Waals surface area contributed by atoms with Crippen LogP contribution >= 0.6 is 0 Å². The Bertz CT molecular complexity index is 810. The van der Waals surface area contributed by atoms with Crippen LogP contribution < -0.4 is 15.1 Å². The molecule has 7 nitrogen and oxygen atoms in total. The standard InChI is InChI=1S/C17H19F2N5O2/c1-23(2)15-14(10-20-17(22-15)24-5-7-26-8-6-24)21-16(25)12-4-3-11(18)9-13(12)19/h3-4,9-10H,5-8H2,1-2H3,(H,21,25). The van der Waals surface area contributed by atoms with Gasteiger partial charge in [-0.1, -0.05) is 0 Å². The van der Waals surface area contributed by atoms with E-state index >= 15 is 0 Å². The Labute approximate surface area is 149 Å². The number of morpholine rings is 1. The fraction of sp³-hybridized carbons (Fsp3) is 0.353. The minimum absolute atomic E-state index is 0.256. The second-order valence-electron chi connectivity index (χ2n) is 5.98.